The molecule has 1 saturated carbocycles. The first kappa shape index (κ1) is 13.3. The minimum Gasteiger partial charge on any atom is -0.381 e. The van der Waals surface area contributed by atoms with E-state index in [1.54, 1.807) is 0 Å². The number of nitrogens with two attached hydrogens (primary N) is 1. The molecular weight excluding hydrogens is 212 g/mol. The number of likely N-dealkylation sites (N-methyl/N-ethyl adjacent to an activating group) is 1. The van der Waals surface area contributed by atoms with Gasteiger partial charge in [0.05, 0.1) is 0 Å². The van der Waals surface area contributed by atoms with Crippen LogP contribution in [0.2, 0.25) is 0 Å². The molecule has 0 amide bonds. The fourth-order valence-electron chi connectivity index (χ4n) is 2.88. The van der Waals surface area contributed by atoms with E-state index in [1.165, 1.54) is 38.6 Å². The SMILES string of the molecule is CN(CC1CCOCC1)C(C)(CN)CC1CC1. The van der Waals surface area contributed by atoms with E-state index in [1.807, 2.05) is 0 Å². The van der Waals surface area contributed by atoms with Gasteiger partial charge in [0.2, 0.25) is 0 Å². The van der Waals surface area contributed by atoms with Crippen LogP contribution in [-0.4, -0.2) is 43.8 Å². The van der Waals surface area contributed by atoms with E-state index >= 15 is 0 Å². The molecule has 1 atom stereocenters. The van der Waals surface area contributed by atoms with Crippen molar-refractivity contribution in [3.63, 3.8) is 0 Å². The zero-order chi connectivity index (χ0) is 12.3. The van der Waals surface area contributed by atoms with Crippen LogP contribution in [-0.2, 0) is 4.74 Å². The summed E-state index contributed by atoms with van der Waals surface area (Å²) in [6, 6.07) is 0. The molecule has 1 heterocycles. The van der Waals surface area contributed by atoms with Crippen LogP contribution in [0.5, 0.6) is 0 Å². The Labute approximate surface area is 106 Å². The maximum atomic E-state index is 6.02. The molecule has 17 heavy (non-hydrogen) atoms. The topological polar surface area (TPSA) is 38.5 Å². The molecule has 3 nitrogen and oxygen atoms in total. The van der Waals surface area contributed by atoms with Gasteiger partial charge >= 0.3 is 0 Å². The molecule has 1 saturated heterocycles. The van der Waals surface area contributed by atoms with Gasteiger partial charge in [-0.15, -0.1) is 0 Å². The number of nitrogens with zero attached hydrogens (tertiary/aromatic N) is 1. The number of hydrogen-bond donors (Lipinski definition) is 1. The summed E-state index contributed by atoms with van der Waals surface area (Å²) in [4.78, 5) is 2.52. The fourth-order valence-corrected chi connectivity index (χ4v) is 2.88. The van der Waals surface area contributed by atoms with E-state index < -0.39 is 0 Å². The summed E-state index contributed by atoms with van der Waals surface area (Å²) in [5, 5.41) is 0. The van der Waals surface area contributed by atoms with Crippen molar-refractivity contribution in [2.45, 2.75) is 44.6 Å². The minimum atomic E-state index is 0.208. The molecule has 100 valence electrons. The molecule has 0 radical (unpaired) electrons. The highest BCUT2D eigenvalue weighted by atomic mass is 16.5. The maximum absolute atomic E-state index is 6.02. The van der Waals surface area contributed by atoms with Crippen molar-refractivity contribution in [1.29, 1.82) is 0 Å². The standard InChI is InChI=1S/C14H28N2O/c1-14(11-15,9-12-3-4-12)16(2)10-13-5-7-17-8-6-13/h12-13H,3-11,15H2,1-2H3. The third-order valence-corrected chi connectivity index (χ3v) is 4.66. The smallest absolute Gasteiger partial charge is 0.0469 e. The van der Waals surface area contributed by atoms with Crippen LogP contribution < -0.4 is 5.73 Å². The molecule has 0 spiro atoms. The highest BCUT2D eigenvalue weighted by molar-refractivity contribution is 4.92. The molecule has 2 fully saturated rings. The quantitative estimate of drug-likeness (QED) is 0.770. The molecule has 2 rings (SSSR count). The maximum Gasteiger partial charge on any atom is 0.0469 e. The molecule has 0 aromatic heterocycles. The molecule has 1 aliphatic carbocycles. The van der Waals surface area contributed by atoms with E-state index in [-0.39, 0.29) is 5.54 Å². The highest BCUT2D eigenvalue weighted by Crippen LogP contribution is 2.38. The Morgan fingerprint density at radius 1 is 1.18 bits per heavy atom. The zero-order valence-corrected chi connectivity index (χ0v) is 11.5. The van der Waals surface area contributed by atoms with Crippen molar-refractivity contribution in [2.75, 3.05) is 33.4 Å². The Hall–Kier alpha value is -0.120. The predicted molar refractivity (Wildman–Crippen MR) is 71.0 cm³/mol. The van der Waals surface area contributed by atoms with Gasteiger partial charge in [-0.3, -0.25) is 4.90 Å². The van der Waals surface area contributed by atoms with Crippen LogP contribution in [0.15, 0.2) is 0 Å². The van der Waals surface area contributed by atoms with Crippen LogP contribution in [0.25, 0.3) is 0 Å². The Balaban J connectivity index is 1.83. The summed E-state index contributed by atoms with van der Waals surface area (Å²) in [6.45, 7) is 6.19. The largest absolute Gasteiger partial charge is 0.381 e. The third kappa shape index (κ3) is 3.67. The van der Waals surface area contributed by atoms with E-state index in [0.29, 0.717) is 0 Å². The first-order valence-electron chi connectivity index (χ1n) is 7.13. The summed E-state index contributed by atoms with van der Waals surface area (Å²) >= 11 is 0. The first-order valence-corrected chi connectivity index (χ1v) is 7.13. The Bertz CT molecular complexity index is 236. The lowest BCUT2D eigenvalue weighted by Crippen LogP contribution is -2.51. The molecule has 0 aromatic carbocycles. The van der Waals surface area contributed by atoms with Gasteiger partial charge in [-0.05, 0) is 45.1 Å². The van der Waals surface area contributed by atoms with Crippen molar-refractivity contribution in [2.24, 2.45) is 17.6 Å². The Kier molecular flexibility index (Phi) is 4.45. The second-order valence-electron chi connectivity index (χ2n) is 6.28. The van der Waals surface area contributed by atoms with Gasteiger partial charge in [0.25, 0.3) is 0 Å². The van der Waals surface area contributed by atoms with Crippen molar-refractivity contribution in [3.05, 3.63) is 0 Å². The van der Waals surface area contributed by atoms with Crippen molar-refractivity contribution >= 4 is 0 Å². The van der Waals surface area contributed by atoms with Crippen LogP contribution in [0, 0.1) is 11.8 Å². The average Bonchev–Trinajstić information content (AvgIpc) is 3.14. The number of hydrogen-bond acceptors (Lipinski definition) is 3. The lowest BCUT2D eigenvalue weighted by atomic mass is 9.90. The summed E-state index contributed by atoms with van der Waals surface area (Å²) in [5.74, 6) is 1.75. The van der Waals surface area contributed by atoms with Gasteiger partial charge in [-0.1, -0.05) is 12.8 Å². The van der Waals surface area contributed by atoms with Crippen LogP contribution >= 0.6 is 0 Å². The van der Waals surface area contributed by atoms with E-state index in [4.69, 9.17) is 10.5 Å². The number of ether oxygens (including phenoxy) is 1. The van der Waals surface area contributed by atoms with E-state index in [9.17, 15) is 0 Å². The lowest BCUT2D eigenvalue weighted by molar-refractivity contribution is 0.0348. The minimum absolute atomic E-state index is 0.208. The van der Waals surface area contributed by atoms with Gasteiger partial charge in [-0.2, -0.15) is 0 Å². The molecule has 2 aliphatic rings. The molecular formula is C14H28N2O. The average molecular weight is 240 g/mol. The zero-order valence-electron chi connectivity index (χ0n) is 11.5. The molecule has 3 heteroatoms. The third-order valence-electron chi connectivity index (χ3n) is 4.66. The Morgan fingerprint density at radius 2 is 1.82 bits per heavy atom. The van der Waals surface area contributed by atoms with Crippen LogP contribution in [0.3, 0.4) is 0 Å². The van der Waals surface area contributed by atoms with Crippen molar-refractivity contribution in [1.82, 2.24) is 4.90 Å². The summed E-state index contributed by atoms with van der Waals surface area (Å²) in [7, 11) is 2.25. The number of rotatable bonds is 6. The monoisotopic (exact) mass is 240 g/mol. The van der Waals surface area contributed by atoms with Crippen molar-refractivity contribution < 1.29 is 4.74 Å². The molecule has 2 N–H and O–H groups in total. The van der Waals surface area contributed by atoms with E-state index in [0.717, 1.165) is 31.6 Å². The highest BCUT2D eigenvalue weighted by Gasteiger charge is 2.36. The summed E-state index contributed by atoms with van der Waals surface area (Å²) < 4.78 is 5.42. The van der Waals surface area contributed by atoms with Gasteiger partial charge < -0.3 is 10.5 Å². The summed E-state index contributed by atoms with van der Waals surface area (Å²) in [5.41, 5.74) is 6.23. The second kappa shape index (κ2) is 5.68. The van der Waals surface area contributed by atoms with Gasteiger partial charge in [-0.25, -0.2) is 0 Å². The Morgan fingerprint density at radius 3 is 2.35 bits per heavy atom. The molecule has 0 bridgehead atoms. The van der Waals surface area contributed by atoms with Gasteiger partial charge in [0.15, 0.2) is 0 Å². The molecule has 1 unspecified atom stereocenters. The van der Waals surface area contributed by atoms with Gasteiger partial charge in [0.1, 0.15) is 0 Å². The van der Waals surface area contributed by atoms with E-state index in [2.05, 4.69) is 18.9 Å². The van der Waals surface area contributed by atoms with Gasteiger partial charge in [0, 0.05) is 31.8 Å². The first-order chi connectivity index (χ1) is 8.14. The second-order valence-corrected chi connectivity index (χ2v) is 6.28. The van der Waals surface area contributed by atoms with Crippen LogP contribution in [0.1, 0.15) is 39.0 Å². The lowest BCUT2D eigenvalue weighted by Gasteiger charge is -2.41. The predicted octanol–water partition coefficient (Wildman–Crippen LogP) is 1.86. The normalized spacial score (nSPS) is 26.1. The molecule has 1 aliphatic heterocycles. The van der Waals surface area contributed by atoms with Crippen molar-refractivity contribution in [3.8, 4) is 0 Å². The molecule has 0 aromatic rings. The van der Waals surface area contributed by atoms with Crippen LogP contribution in [0.4, 0.5) is 0 Å². The summed E-state index contributed by atoms with van der Waals surface area (Å²) in [6.07, 6.45) is 6.55. The fraction of sp³-hybridized carbons (Fsp3) is 1.00.